The van der Waals surface area contributed by atoms with Gasteiger partial charge >= 0.3 is 0 Å². The number of nitrogens with zero attached hydrogens (tertiary/aromatic N) is 2. The fourth-order valence-electron chi connectivity index (χ4n) is 4.79. The van der Waals surface area contributed by atoms with Gasteiger partial charge in [0.25, 0.3) is 5.56 Å². The molecule has 1 saturated heterocycles. The molecule has 4 aromatic rings. The van der Waals surface area contributed by atoms with Crippen LogP contribution in [-0.2, 0) is 9.84 Å². The Hall–Kier alpha value is -3.11. The minimum Gasteiger partial charge on any atom is -0.440 e. The lowest BCUT2D eigenvalue weighted by Crippen LogP contribution is -2.22. The molecule has 2 aromatic carbocycles. The van der Waals surface area contributed by atoms with Crippen LogP contribution in [-0.4, -0.2) is 29.5 Å². The maximum absolute atomic E-state index is 14.9. The Balaban J connectivity index is 1.68. The molecule has 37 heavy (non-hydrogen) atoms. The molecule has 0 spiro atoms. The van der Waals surface area contributed by atoms with Crippen LogP contribution in [0.3, 0.4) is 0 Å². The minimum atomic E-state index is -3.11. The first-order chi connectivity index (χ1) is 17.5. The number of pyridine rings is 1. The number of halogens is 3. The summed E-state index contributed by atoms with van der Waals surface area (Å²) in [6.07, 6.45) is 2.30. The summed E-state index contributed by atoms with van der Waals surface area (Å²) < 4.78 is 60.8. The molecule has 0 amide bonds. The second kappa shape index (κ2) is 9.64. The maximum Gasteiger partial charge on any atom is 0.255 e. The molecule has 2 aromatic heterocycles. The van der Waals surface area contributed by atoms with E-state index < -0.39 is 21.5 Å². The Bertz CT molecular complexity index is 1660. The first kappa shape index (κ1) is 25.5. The van der Waals surface area contributed by atoms with Crippen molar-refractivity contribution < 1.29 is 21.6 Å². The molecule has 1 fully saturated rings. The summed E-state index contributed by atoms with van der Waals surface area (Å²) in [6.45, 7) is 3.80. The molecule has 0 radical (unpaired) electrons. The highest BCUT2D eigenvalue weighted by molar-refractivity contribution is 9.10. The van der Waals surface area contributed by atoms with Crippen LogP contribution in [0.25, 0.3) is 28.3 Å². The predicted molar refractivity (Wildman–Crippen MR) is 141 cm³/mol. The van der Waals surface area contributed by atoms with Crippen LogP contribution in [0, 0.1) is 25.5 Å². The molecule has 6 nitrogen and oxygen atoms in total. The first-order valence-electron chi connectivity index (χ1n) is 11.7. The number of sulfone groups is 1. The normalized spacial score (nSPS) is 15.7. The lowest BCUT2D eigenvalue weighted by molar-refractivity contribution is 0.429. The second-order valence-corrected chi connectivity index (χ2v) is 12.5. The van der Waals surface area contributed by atoms with E-state index in [0.717, 1.165) is 27.7 Å². The van der Waals surface area contributed by atoms with Gasteiger partial charge in [-0.3, -0.25) is 9.36 Å². The molecular formula is C27H23BrF2N2O4S. The van der Waals surface area contributed by atoms with E-state index in [1.807, 2.05) is 26.0 Å². The van der Waals surface area contributed by atoms with Gasteiger partial charge in [-0.05, 0) is 68.1 Å². The second-order valence-electron chi connectivity index (χ2n) is 9.29. The third-order valence-corrected chi connectivity index (χ3v) is 8.78. The van der Waals surface area contributed by atoms with Crippen LogP contribution < -0.4 is 5.56 Å². The van der Waals surface area contributed by atoms with Crippen LogP contribution in [0.1, 0.15) is 35.8 Å². The molecule has 192 valence electrons. The summed E-state index contributed by atoms with van der Waals surface area (Å²) in [7, 11) is -3.11. The SMILES string of the molecule is Cc1cc(Br)cc(C)c1-n1cc(-c2nc(C3CCS(=O)(=O)CC3)oc2-c2ccc(F)cc2F)ccc1=O. The van der Waals surface area contributed by atoms with Gasteiger partial charge in [-0.15, -0.1) is 0 Å². The number of benzene rings is 2. The number of rotatable bonds is 4. The summed E-state index contributed by atoms with van der Waals surface area (Å²) >= 11 is 3.47. The van der Waals surface area contributed by atoms with Crippen molar-refractivity contribution in [1.82, 2.24) is 9.55 Å². The highest BCUT2D eigenvalue weighted by atomic mass is 79.9. The van der Waals surface area contributed by atoms with Crippen LogP contribution in [0.4, 0.5) is 8.78 Å². The van der Waals surface area contributed by atoms with Crippen molar-refractivity contribution in [3.05, 3.63) is 92.1 Å². The van der Waals surface area contributed by atoms with Gasteiger partial charge in [-0.1, -0.05) is 15.9 Å². The van der Waals surface area contributed by atoms with Crippen LogP contribution >= 0.6 is 15.9 Å². The van der Waals surface area contributed by atoms with Crippen molar-refractivity contribution in [3.8, 4) is 28.3 Å². The van der Waals surface area contributed by atoms with E-state index >= 15 is 0 Å². The van der Waals surface area contributed by atoms with Crippen molar-refractivity contribution in [1.29, 1.82) is 0 Å². The standard InChI is InChI=1S/C27H23BrF2N2O4S/c1-15-11-19(28)12-16(2)25(15)32-14-18(3-6-23(32)33)24-26(21-5-4-20(29)13-22(21)30)36-27(31-24)17-7-9-37(34,35)10-8-17/h3-6,11-14,17H,7-10H2,1-2H3. The minimum absolute atomic E-state index is 0.0165. The molecule has 0 atom stereocenters. The highest BCUT2D eigenvalue weighted by Crippen LogP contribution is 2.39. The van der Waals surface area contributed by atoms with Gasteiger partial charge in [0.2, 0.25) is 0 Å². The van der Waals surface area contributed by atoms with Crippen LogP contribution in [0.5, 0.6) is 0 Å². The monoisotopic (exact) mass is 588 g/mol. The van der Waals surface area contributed by atoms with E-state index in [9.17, 15) is 22.0 Å². The molecular weight excluding hydrogens is 566 g/mol. The Morgan fingerprint density at radius 3 is 2.35 bits per heavy atom. The molecule has 0 N–H and O–H groups in total. The average Bonchev–Trinajstić information content (AvgIpc) is 3.24. The summed E-state index contributed by atoms with van der Waals surface area (Å²) in [6, 6.07) is 9.99. The van der Waals surface area contributed by atoms with Crippen LogP contribution in [0.2, 0.25) is 0 Å². The van der Waals surface area contributed by atoms with E-state index in [0.29, 0.717) is 24.1 Å². The fourth-order valence-corrected chi connectivity index (χ4v) is 6.96. The van der Waals surface area contributed by atoms with Crippen molar-refractivity contribution in [3.63, 3.8) is 0 Å². The largest absolute Gasteiger partial charge is 0.440 e. The number of aryl methyl sites for hydroxylation is 2. The van der Waals surface area contributed by atoms with E-state index in [1.54, 1.807) is 12.3 Å². The lowest BCUT2D eigenvalue weighted by atomic mass is 10.0. The number of oxazole rings is 1. The Kier molecular flexibility index (Phi) is 6.66. The van der Waals surface area contributed by atoms with E-state index in [-0.39, 0.29) is 45.9 Å². The zero-order valence-corrected chi connectivity index (χ0v) is 22.5. The molecule has 0 saturated carbocycles. The third-order valence-electron chi connectivity index (χ3n) is 6.60. The zero-order chi connectivity index (χ0) is 26.5. The van der Waals surface area contributed by atoms with E-state index in [2.05, 4.69) is 20.9 Å². The Morgan fingerprint density at radius 2 is 1.70 bits per heavy atom. The molecule has 1 aliphatic heterocycles. The van der Waals surface area contributed by atoms with E-state index in [4.69, 9.17) is 4.42 Å². The number of aromatic nitrogens is 2. The number of hydrogen-bond donors (Lipinski definition) is 0. The molecule has 0 bridgehead atoms. The van der Waals surface area contributed by atoms with Gasteiger partial charge in [-0.25, -0.2) is 22.2 Å². The first-order valence-corrected chi connectivity index (χ1v) is 14.3. The fraction of sp³-hybridized carbons (Fsp3) is 0.259. The smallest absolute Gasteiger partial charge is 0.255 e. The van der Waals surface area contributed by atoms with Gasteiger partial charge in [0.15, 0.2) is 11.7 Å². The topological polar surface area (TPSA) is 82.2 Å². The van der Waals surface area contributed by atoms with E-state index in [1.165, 1.54) is 16.7 Å². The quantitative estimate of drug-likeness (QED) is 0.287. The molecule has 0 unspecified atom stereocenters. The molecule has 0 aliphatic carbocycles. The Morgan fingerprint density at radius 1 is 1.03 bits per heavy atom. The Labute approximate surface area is 221 Å². The summed E-state index contributed by atoms with van der Waals surface area (Å²) in [5.41, 5.74) is 3.01. The van der Waals surface area contributed by atoms with Gasteiger partial charge in [0.1, 0.15) is 27.2 Å². The third kappa shape index (κ3) is 5.04. The molecule has 3 heterocycles. The van der Waals surface area contributed by atoms with Gasteiger partial charge in [0, 0.05) is 34.3 Å². The summed E-state index contributed by atoms with van der Waals surface area (Å²) in [5, 5.41) is 0. The summed E-state index contributed by atoms with van der Waals surface area (Å²) in [4.78, 5) is 17.6. The van der Waals surface area contributed by atoms with Crippen molar-refractivity contribution in [2.45, 2.75) is 32.6 Å². The van der Waals surface area contributed by atoms with Crippen molar-refractivity contribution >= 4 is 25.8 Å². The zero-order valence-electron chi connectivity index (χ0n) is 20.1. The van der Waals surface area contributed by atoms with Crippen LogP contribution in [0.15, 0.2) is 62.3 Å². The van der Waals surface area contributed by atoms with Gasteiger partial charge in [0.05, 0.1) is 22.8 Å². The highest BCUT2D eigenvalue weighted by Gasteiger charge is 2.30. The number of hydrogen-bond acceptors (Lipinski definition) is 5. The van der Waals surface area contributed by atoms with Gasteiger partial charge < -0.3 is 4.42 Å². The predicted octanol–water partition coefficient (Wildman–Crippen LogP) is 6.11. The van der Waals surface area contributed by atoms with Crippen molar-refractivity contribution in [2.75, 3.05) is 11.5 Å². The molecule has 10 heteroatoms. The molecule has 1 aliphatic rings. The van der Waals surface area contributed by atoms with Crippen molar-refractivity contribution in [2.24, 2.45) is 0 Å². The average molecular weight is 589 g/mol. The summed E-state index contributed by atoms with van der Waals surface area (Å²) in [5.74, 6) is -1.39. The van der Waals surface area contributed by atoms with Gasteiger partial charge in [-0.2, -0.15) is 0 Å². The maximum atomic E-state index is 14.9. The lowest BCUT2D eigenvalue weighted by Gasteiger charge is -2.18. The molecule has 5 rings (SSSR count).